The molecule has 0 saturated carbocycles. The molecule has 9 heavy (non-hydrogen) atoms. The maximum Gasteiger partial charge on any atom is 0.219 e. The van der Waals surface area contributed by atoms with Crippen molar-refractivity contribution in [2.24, 2.45) is 0 Å². The fraction of sp³-hybridized carbons (Fsp3) is 0.167. The van der Waals surface area contributed by atoms with Crippen LogP contribution < -0.4 is 0 Å². The molecule has 0 aliphatic rings. The van der Waals surface area contributed by atoms with Crippen molar-refractivity contribution < 1.29 is 4.79 Å². The smallest absolute Gasteiger partial charge is 0.219 e. The number of thiophene rings is 1. The number of hydrogen-bond donors (Lipinski definition) is 0. The second kappa shape index (κ2) is 3.17. The largest absolute Gasteiger partial charge is 0.297 e. The Morgan fingerprint density at radius 1 is 1.67 bits per heavy atom. The third kappa shape index (κ3) is 1.65. The lowest BCUT2D eigenvalue weighted by Crippen LogP contribution is -1.71. The van der Waals surface area contributed by atoms with Gasteiger partial charge in [0, 0.05) is 0 Å². The second-order valence-corrected chi connectivity index (χ2v) is 3.68. The number of carbonyl (C=O) groups is 1. The summed E-state index contributed by atoms with van der Waals surface area (Å²) in [6, 6.07) is 3.91. The monoisotopic (exact) mass is 154 g/mol. The molecule has 0 aromatic carbocycles. The number of carbonyl (C=O) groups excluding carboxylic acids is 1. The SMILES string of the molecule is O=Cc1ccc([CH2][AlH2])s1. The van der Waals surface area contributed by atoms with Crippen LogP contribution in [-0.2, 0) is 5.28 Å². The van der Waals surface area contributed by atoms with Crippen molar-refractivity contribution in [3.8, 4) is 0 Å². The molecule has 1 nitrogen and oxygen atoms in total. The topological polar surface area (TPSA) is 17.1 Å². The molecule has 0 radical (unpaired) electrons. The lowest BCUT2D eigenvalue weighted by Gasteiger charge is -1.80. The van der Waals surface area contributed by atoms with E-state index in [0.717, 1.165) is 11.2 Å². The summed E-state index contributed by atoms with van der Waals surface area (Å²) in [6.45, 7) is 0. The van der Waals surface area contributed by atoms with E-state index in [9.17, 15) is 4.79 Å². The van der Waals surface area contributed by atoms with Crippen molar-refractivity contribution in [1.29, 1.82) is 0 Å². The van der Waals surface area contributed by atoms with Crippen LogP contribution in [0.3, 0.4) is 0 Å². The molecule has 1 aromatic heterocycles. The minimum absolute atomic E-state index is 0.848. The first-order valence-electron chi connectivity index (χ1n) is 2.90. The molecule has 0 N–H and O–H groups in total. The summed E-state index contributed by atoms with van der Waals surface area (Å²) >= 11 is 2.79. The summed E-state index contributed by atoms with van der Waals surface area (Å²) in [7, 11) is 0. The minimum atomic E-state index is 0.848. The van der Waals surface area contributed by atoms with Crippen LogP contribution in [0, 0.1) is 0 Å². The first-order chi connectivity index (χ1) is 4.36. The van der Waals surface area contributed by atoms with Gasteiger partial charge in [0.2, 0.25) is 16.3 Å². The van der Waals surface area contributed by atoms with E-state index in [4.69, 9.17) is 0 Å². The average molecular weight is 154 g/mol. The minimum Gasteiger partial charge on any atom is -0.297 e. The Morgan fingerprint density at radius 3 is 2.78 bits per heavy atom. The Hall–Kier alpha value is -0.0975. The van der Waals surface area contributed by atoms with Gasteiger partial charge in [-0.05, 0) is 17.0 Å². The normalized spacial score (nSPS) is 9.33. The van der Waals surface area contributed by atoms with Crippen molar-refractivity contribution in [3.05, 3.63) is 21.9 Å². The first-order valence-corrected chi connectivity index (χ1v) is 5.13. The lowest BCUT2D eigenvalue weighted by molar-refractivity contribution is 0.112. The Kier molecular flexibility index (Phi) is 2.47. The van der Waals surface area contributed by atoms with Gasteiger partial charge in [-0.2, -0.15) is 0 Å². The van der Waals surface area contributed by atoms with Gasteiger partial charge in [0.25, 0.3) is 0 Å². The summed E-state index contributed by atoms with van der Waals surface area (Å²) in [4.78, 5) is 12.3. The van der Waals surface area contributed by atoms with Gasteiger partial charge in [-0.3, -0.25) is 4.79 Å². The molecule has 0 unspecified atom stereocenters. The summed E-state index contributed by atoms with van der Waals surface area (Å²) in [5.74, 6) is 0. The predicted octanol–water partition coefficient (Wildman–Crippen LogP) is 0.694. The highest BCUT2D eigenvalue weighted by atomic mass is 32.1. The van der Waals surface area contributed by atoms with E-state index in [-0.39, 0.29) is 0 Å². The molecule has 0 bridgehead atoms. The zero-order valence-electron chi connectivity index (χ0n) is 5.26. The summed E-state index contributed by atoms with van der Waals surface area (Å²) < 4.78 is 0. The zero-order chi connectivity index (χ0) is 6.69. The summed E-state index contributed by atoms with van der Waals surface area (Å²) in [5.41, 5.74) is 0. The quantitative estimate of drug-likeness (QED) is 0.452. The fourth-order valence-electron chi connectivity index (χ4n) is 0.648. The number of hydrogen-bond acceptors (Lipinski definition) is 2. The highest BCUT2D eigenvalue weighted by Crippen LogP contribution is 2.13. The first kappa shape index (κ1) is 7.01. The van der Waals surface area contributed by atoms with Gasteiger partial charge in [0.1, 0.15) is 0 Å². The Bertz CT molecular complexity index is 207. The Balaban J connectivity index is 2.86. The molecule has 0 aliphatic carbocycles. The summed E-state index contributed by atoms with van der Waals surface area (Å²) in [6.07, 6.45) is 0.908. The van der Waals surface area contributed by atoms with Gasteiger partial charge in [-0.15, -0.1) is 11.3 Å². The van der Waals surface area contributed by atoms with Crippen molar-refractivity contribution in [2.45, 2.75) is 5.28 Å². The second-order valence-electron chi connectivity index (χ2n) is 1.78. The molecule has 0 aliphatic heterocycles. The molecule has 1 rings (SSSR count). The maximum absolute atomic E-state index is 10.2. The van der Waals surface area contributed by atoms with Crippen LogP contribution in [0.1, 0.15) is 14.5 Å². The third-order valence-electron chi connectivity index (χ3n) is 1.15. The van der Waals surface area contributed by atoms with Crippen molar-refractivity contribution in [1.82, 2.24) is 0 Å². The van der Waals surface area contributed by atoms with Crippen LogP contribution in [0.2, 0.25) is 0 Å². The molecule has 3 heteroatoms. The van der Waals surface area contributed by atoms with E-state index in [2.05, 4.69) is 0 Å². The molecule has 1 aromatic rings. The molecule has 0 fully saturated rings. The Morgan fingerprint density at radius 2 is 2.44 bits per heavy atom. The maximum atomic E-state index is 10.2. The molecule has 0 atom stereocenters. The van der Waals surface area contributed by atoms with Crippen molar-refractivity contribution >= 4 is 33.9 Å². The lowest BCUT2D eigenvalue weighted by atomic mass is 10.4. The van der Waals surface area contributed by atoms with E-state index >= 15 is 0 Å². The van der Waals surface area contributed by atoms with Gasteiger partial charge < -0.3 is 0 Å². The van der Waals surface area contributed by atoms with E-state index in [1.165, 1.54) is 26.5 Å². The summed E-state index contributed by atoms with van der Waals surface area (Å²) in [5, 5.41) is 1.17. The van der Waals surface area contributed by atoms with E-state index < -0.39 is 0 Å². The molecular formula is C6H7AlOS. The predicted molar refractivity (Wildman–Crippen MR) is 42.0 cm³/mol. The molecule has 46 valence electrons. The number of aldehydes is 1. The van der Waals surface area contributed by atoms with Crippen LogP contribution in [0.4, 0.5) is 0 Å². The van der Waals surface area contributed by atoms with E-state index in [0.29, 0.717) is 0 Å². The third-order valence-corrected chi connectivity index (χ3v) is 3.58. The van der Waals surface area contributed by atoms with Crippen LogP contribution >= 0.6 is 11.3 Å². The average Bonchev–Trinajstić information content (AvgIpc) is 2.34. The van der Waals surface area contributed by atoms with Crippen LogP contribution in [-0.4, -0.2) is 22.6 Å². The zero-order valence-corrected chi connectivity index (χ0v) is 8.07. The molecule has 1 heterocycles. The van der Waals surface area contributed by atoms with Gasteiger partial charge in [0.15, 0.2) is 6.29 Å². The molecule has 0 spiro atoms. The van der Waals surface area contributed by atoms with Gasteiger partial charge in [-0.25, -0.2) is 0 Å². The van der Waals surface area contributed by atoms with Crippen LogP contribution in [0.15, 0.2) is 12.1 Å². The van der Waals surface area contributed by atoms with Gasteiger partial charge in [-0.1, -0.05) is 5.28 Å². The van der Waals surface area contributed by atoms with E-state index in [1.807, 2.05) is 12.1 Å². The van der Waals surface area contributed by atoms with Crippen LogP contribution in [0.5, 0.6) is 0 Å². The standard InChI is InChI=1S/C6H5OS.Al.2H/c1-5-2-3-6(4-7)8-5;;;/h2-4H,1H2;;;. The van der Waals surface area contributed by atoms with Gasteiger partial charge in [0.05, 0.1) is 4.88 Å². The van der Waals surface area contributed by atoms with Gasteiger partial charge >= 0.3 is 0 Å². The van der Waals surface area contributed by atoms with Crippen LogP contribution in [0.25, 0.3) is 0 Å². The highest BCUT2D eigenvalue weighted by molar-refractivity contribution is 7.13. The number of rotatable bonds is 2. The fourth-order valence-corrected chi connectivity index (χ4v) is 2.08. The molecule has 0 amide bonds. The van der Waals surface area contributed by atoms with E-state index in [1.54, 1.807) is 11.3 Å². The van der Waals surface area contributed by atoms with Crippen molar-refractivity contribution in [2.75, 3.05) is 0 Å². The Labute approximate surface area is 66.1 Å². The van der Waals surface area contributed by atoms with Crippen molar-refractivity contribution in [3.63, 3.8) is 0 Å². The molecular weight excluding hydrogens is 147 g/mol. The highest BCUT2D eigenvalue weighted by Gasteiger charge is 1.93. The molecule has 0 saturated heterocycles.